The fourth-order valence-electron chi connectivity index (χ4n) is 8.87. The minimum absolute atomic E-state index is 0.264. The van der Waals surface area contributed by atoms with Crippen molar-refractivity contribution in [2.45, 2.75) is 75.7 Å². The SMILES string of the molecule is CCC(C)(C)c1cccc(P(c2ccccc2)c2ccccc2)c1OP1OC(c2ccccc2)(c2ccccc2)[C@@H]2OC(C)(C)O[C@H]2C(c2ccccc2)(c2ccccc2)O1. The molecule has 2 aliphatic heterocycles. The topological polar surface area (TPSA) is 46.2 Å². The maximum Gasteiger partial charge on any atom is 0.399 e. The molecule has 0 unspecified atom stereocenters. The van der Waals surface area contributed by atoms with Crippen LogP contribution in [0.1, 0.15) is 68.9 Å². The van der Waals surface area contributed by atoms with Crippen LogP contribution in [0.2, 0.25) is 0 Å². The van der Waals surface area contributed by atoms with Crippen molar-refractivity contribution >= 4 is 32.4 Å². The van der Waals surface area contributed by atoms with Gasteiger partial charge < -0.3 is 14.0 Å². The monoisotopic (exact) mass is 842 g/mol. The van der Waals surface area contributed by atoms with Gasteiger partial charge in [-0.2, -0.15) is 0 Å². The first-order valence-electron chi connectivity index (χ1n) is 21.1. The molecule has 2 aliphatic rings. The van der Waals surface area contributed by atoms with E-state index >= 15 is 0 Å². The van der Waals surface area contributed by atoms with Gasteiger partial charge in [-0.05, 0) is 66.5 Å². The number of fused-ring (bicyclic) bond motifs is 1. The molecule has 0 aromatic heterocycles. The summed E-state index contributed by atoms with van der Waals surface area (Å²) >= 11 is 0. The Bertz CT molecular complexity index is 2300. The number of ether oxygens (including phenoxy) is 2. The number of hydrogen-bond donors (Lipinski definition) is 0. The van der Waals surface area contributed by atoms with E-state index in [-0.39, 0.29) is 5.41 Å². The molecule has 7 heteroatoms. The Morgan fingerprint density at radius 3 is 1.23 bits per heavy atom. The van der Waals surface area contributed by atoms with Gasteiger partial charge in [-0.1, -0.05) is 221 Å². The quantitative estimate of drug-likeness (QED) is 0.121. The summed E-state index contributed by atoms with van der Waals surface area (Å²) in [7, 11) is -3.39. The molecule has 2 atom stereocenters. The molecule has 0 N–H and O–H groups in total. The van der Waals surface area contributed by atoms with Crippen LogP contribution >= 0.6 is 16.5 Å². The second kappa shape index (κ2) is 17.1. The molecule has 0 amide bonds. The highest BCUT2D eigenvalue weighted by Crippen LogP contribution is 2.65. The molecule has 0 radical (unpaired) electrons. The van der Waals surface area contributed by atoms with Crippen LogP contribution < -0.4 is 20.4 Å². The predicted octanol–water partition coefficient (Wildman–Crippen LogP) is 12.2. The molecule has 9 rings (SSSR count). The third-order valence-corrected chi connectivity index (χ3v) is 15.9. The van der Waals surface area contributed by atoms with E-state index in [0.29, 0.717) is 0 Å². The molecule has 0 spiro atoms. The van der Waals surface area contributed by atoms with Gasteiger partial charge in [0.05, 0.1) is 0 Å². The van der Waals surface area contributed by atoms with Crippen LogP contribution in [0.4, 0.5) is 0 Å². The van der Waals surface area contributed by atoms with E-state index in [1.165, 1.54) is 10.6 Å². The first-order valence-corrected chi connectivity index (χ1v) is 23.6. The lowest BCUT2D eigenvalue weighted by molar-refractivity contribution is -0.175. The van der Waals surface area contributed by atoms with Crippen LogP contribution in [0.5, 0.6) is 5.75 Å². The standard InChI is InChI=1S/C54H52O5P2/c1-6-51(2,3)46-38-25-39-47(60(44-34-21-11-22-35-44)45-36-23-12-24-37-45)48(46)57-61-58-53(40-26-13-7-14-27-40,41-28-15-8-16-29-41)49-50(56-52(4,5)55-49)54(59-61,42-30-17-9-18-31-42)43-32-19-10-20-33-43/h7-39,49-50H,6H2,1-5H3/t49-,50-/m1/s1. The van der Waals surface area contributed by atoms with E-state index in [2.05, 4.69) is 197 Å². The zero-order chi connectivity index (χ0) is 42.1. The first-order chi connectivity index (χ1) is 29.7. The van der Waals surface area contributed by atoms with Crippen molar-refractivity contribution in [1.82, 2.24) is 0 Å². The molecule has 7 aromatic rings. The van der Waals surface area contributed by atoms with Crippen LogP contribution in [0.15, 0.2) is 200 Å². The van der Waals surface area contributed by atoms with Gasteiger partial charge in [0.15, 0.2) is 17.0 Å². The second-order valence-corrected chi connectivity index (χ2v) is 20.0. The Balaban J connectivity index is 1.35. The summed E-state index contributed by atoms with van der Waals surface area (Å²) in [5, 5.41) is 3.54. The predicted molar refractivity (Wildman–Crippen MR) is 249 cm³/mol. The lowest BCUT2D eigenvalue weighted by Crippen LogP contribution is -2.53. The van der Waals surface area contributed by atoms with Gasteiger partial charge in [-0.25, -0.2) is 0 Å². The highest BCUT2D eigenvalue weighted by molar-refractivity contribution is 7.80. The molecule has 5 nitrogen and oxygen atoms in total. The lowest BCUT2D eigenvalue weighted by Gasteiger charge is -2.41. The number of rotatable bonds is 11. The van der Waals surface area contributed by atoms with E-state index in [9.17, 15) is 0 Å². The molecule has 0 aliphatic carbocycles. The third-order valence-electron chi connectivity index (χ3n) is 12.2. The summed E-state index contributed by atoms with van der Waals surface area (Å²) in [6, 6.07) is 69.7. The first kappa shape index (κ1) is 41.4. The van der Waals surface area contributed by atoms with Crippen molar-refractivity contribution in [3.05, 3.63) is 228 Å². The van der Waals surface area contributed by atoms with Crippen LogP contribution in [-0.4, -0.2) is 18.0 Å². The smallest absolute Gasteiger partial charge is 0.399 e. The van der Waals surface area contributed by atoms with Crippen molar-refractivity contribution in [2.75, 3.05) is 0 Å². The van der Waals surface area contributed by atoms with E-state index in [1.807, 2.05) is 38.1 Å². The Labute approximate surface area is 363 Å². The van der Waals surface area contributed by atoms with E-state index in [0.717, 1.165) is 45.3 Å². The summed E-state index contributed by atoms with van der Waals surface area (Å²) in [5.41, 5.74) is 1.96. The molecule has 308 valence electrons. The molecular formula is C54H52O5P2. The number of benzene rings is 7. The summed E-state index contributed by atoms with van der Waals surface area (Å²) in [6.07, 6.45) is -0.537. The van der Waals surface area contributed by atoms with Gasteiger partial charge in [0, 0.05) is 10.9 Å². The van der Waals surface area contributed by atoms with Crippen LogP contribution in [0.3, 0.4) is 0 Å². The second-order valence-electron chi connectivity index (χ2n) is 16.8. The van der Waals surface area contributed by atoms with Gasteiger partial charge in [0.2, 0.25) is 0 Å². The van der Waals surface area contributed by atoms with Crippen LogP contribution in [0.25, 0.3) is 0 Å². The van der Waals surface area contributed by atoms with Crippen molar-refractivity contribution in [1.29, 1.82) is 0 Å². The minimum atomic E-state index is -2.30. The number of hydrogen-bond acceptors (Lipinski definition) is 5. The zero-order valence-corrected chi connectivity index (χ0v) is 37.1. The van der Waals surface area contributed by atoms with Crippen molar-refractivity contribution in [3.63, 3.8) is 0 Å². The summed E-state index contributed by atoms with van der Waals surface area (Å²) in [6.45, 7) is 10.8. The Hall–Kier alpha value is -4.96. The van der Waals surface area contributed by atoms with Crippen molar-refractivity contribution in [2.24, 2.45) is 0 Å². The van der Waals surface area contributed by atoms with E-state index in [4.69, 9.17) is 23.0 Å². The largest absolute Gasteiger partial charge is 0.426 e. The average molecular weight is 843 g/mol. The summed E-state index contributed by atoms with van der Waals surface area (Å²) < 4.78 is 38.0. The van der Waals surface area contributed by atoms with Gasteiger partial charge in [-0.15, -0.1) is 0 Å². The maximum absolute atomic E-state index is 7.85. The summed E-state index contributed by atoms with van der Waals surface area (Å²) in [4.78, 5) is 0. The average Bonchev–Trinajstić information content (AvgIpc) is 3.59. The Morgan fingerprint density at radius 1 is 0.508 bits per heavy atom. The molecule has 0 saturated carbocycles. The van der Waals surface area contributed by atoms with Gasteiger partial charge in [0.1, 0.15) is 18.0 Å². The molecule has 2 saturated heterocycles. The van der Waals surface area contributed by atoms with E-state index < -0.39 is 45.7 Å². The highest BCUT2D eigenvalue weighted by atomic mass is 31.2. The maximum atomic E-state index is 7.85. The molecule has 61 heavy (non-hydrogen) atoms. The highest BCUT2D eigenvalue weighted by Gasteiger charge is 2.67. The van der Waals surface area contributed by atoms with Crippen molar-refractivity contribution in [3.8, 4) is 5.75 Å². The molecule has 2 heterocycles. The molecule has 7 aromatic carbocycles. The van der Waals surface area contributed by atoms with Gasteiger partial charge in [0.25, 0.3) is 0 Å². The molecule has 0 bridgehead atoms. The minimum Gasteiger partial charge on any atom is -0.426 e. The van der Waals surface area contributed by atoms with E-state index in [1.54, 1.807) is 0 Å². The lowest BCUT2D eigenvalue weighted by atomic mass is 9.72. The Kier molecular flexibility index (Phi) is 11.6. The van der Waals surface area contributed by atoms with Crippen LogP contribution in [-0.2, 0) is 35.1 Å². The van der Waals surface area contributed by atoms with Gasteiger partial charge >= 0.3 is 8.60 Å². The van der Waals surface area contributed by atoms with Crippen LogP contribution in [0, 0.1) is 0 Å². The van der Waals surface area contributed by atoms with Crippen molar-refractivity contribution < 1.29 is 23.0 Å². The van der Waals surface area contributed by atoms with Gasteiger partial charge in [-0.3, -0.25) is 9.05 Å². The zero-order valence-electron chi connectivity index (χ0n) is 35.4. The number of para-hydroxylation sites is 1. The fraction of sp³-hybridized carbons (Fsp3) is 0.222. The molecule has 2 fully saturated rings. The third kappa shape index (κ3) is 7.67. The fourth-order valence-corrected chi connectivity index (χ4v) is 12.9. The molecular weight excluding hydrogens is 791 g/mol. The normalized spacial score (nSPS) is 19.5. The Morgan fingerprint density at radius 2 is 0.869 bits per heavy atom. The summed E-state index contributed by atoms with van der Waals surface area (Å²) in [5.74, 6) is -0.225.